The maximum absolute atomic E-state index is 10.6. The van der Waals surface area contributed by atoms with E-state index >= 15 is 0 Å². The van der Waals surface area contributed by atoms with Gasteiger partial charge in [0, 0.05) is 56.5 Å². The highest BCUT2D eigenvalue weighted by Gasteiger charge is 2.39. The van der Waals surface area contributed by atoms with Crippen molar-refractivity contribution in [2.24, 2.45) is 7.05 Å². The standard InChI is InChI=1S/C17H24N6.3C2HF3O2/c1-22-10-13(9-20-22)11-23-7-5-15-16(6-8-23)18-12-19-17(15)21-14-3-2-4-14;3*3-2(4,5)1(6)7/h9-10,12,14H,2-8,11H2,1H3,(H,18,19,21);3*(H,6,7). The lowest BCUT2D eigenvalue weighted by atomic mass is 9.93. The largest absolute Gasteiger partial charge is 0.490 e. The summed E-state index contributed by atoms with van der Waals surface area (Å²) in [5, 5.41) is 29.3. The first-order chi connectivity index (χ1) is 20.1. The van der Waals surface area contributed by atoms with E-state index in [1.54, 1.807) is 6.33 Å². The van der Waals surface area contributed by atoms with E-state index in [4.69, 9.17) is 29.7 Å². The molecular weight excluding hydrogens is 627 g/mol. The molecule has 4 N–H and O–H groups in total. The van der Waals surface area contributed by atoms with Crippen LogP contribution in [0.15, 0.2) is 18.7 Å². The molecule has 1 aliphatic carbocycles. The number of halogens is 9. The molecule has 1 saturated carbocycles. The third kappa shape index (κ3) is 13.9. The zero-order valence-corrected chi connectivity index (χ0v) is 22.7. The monoisotopic (exact) mass is 654 g/mol. The summed E-state index contributed by atoms with van der Waals surface area (Å²) in [5.74, 6) is -7.20. The van der Waals surface area contributed by atoms with Crippen molar-refractivity contribution >= 4 is 23.7 Å². The molecule has 0 radical (unpaired) electrons. The van der Waals surface area contributed by atoms with Crippen molar-refractivity contribution in [3.05, 3.63) is 35.5 Å². The van der Waals surface area contributed by atoms with E-state index < -0.39 is 36.4 Å². The van der Waals surface area contributed by atoms with Crippen molar-refractivity contribution in [3.8, 4) is 0 Å². The fourth-order valence-electron chi connectivity index (χ4n) is 3.41. The summed E-state index contributed by atoms with van der Waals surface area (Å²) in [6.45, 7) is 3.05. The minimum Gasteiger partial charge on any atom is -0.475 e. The minimum atomic E-state index is -5.08. The fraction of sp³-hybridized carbons (Fsp3) is 0.565. The highest BCUT2D eigenvalue weighted by Crippen LogP contribution is 2.27. The first-order valence-electron chi connectivity index (χ1n) is 12.3. The predicted molar refractivity (Wildman–Crippen MR) is 130 cm³/mol. The number of aryl methyl sites for hydroxylation is 1. The number of aromatic nitrogens is 4. The quantitative estimate of drug-likeness (QED) is 0.355. The topological polar surface area (TPSA) is 171 Å². The van der Waals surface area contributed by atoms with Crippen molar-refractivity contribution in [1.29, 1.82) is 0 Å². The lowest BCUT2D eigenvalue weighted by molar-refractivity contribution is -0.193. The van der Waals surface area contributed by atoms with Gasteiger partial charge in [-0.25, -0.2) is 24.4 Å². The van der Waals surface area contributed by atoms with E-state index in [0.717, 1.165) is 38.3 Å². The Hall–Kier alpha value is -4.17. The summed E-state index contributed by atoms with van der Waals surface area (Å²) < 4.78 is 97.1. The fourth-order valence-corrected chi connectivity index (χ4v) is 3.41. The van der Waals surface area contributed by atoms with Crippen LogP contribution in [-0.2, 0) is 40.8 Å². The van der Waals surface area contributed by atoms with Crippen molar-refractivity contribution in [2.45, 2.75) is 63.2 Å². The summed E-state index contributed by atoms with van der Waals surface area (Å²) in [5.41, 5.74) is 3.82. The van der Waals surface area contributed by atoms with E-state index in [1.165, 1.54) is 36.1 Å². The third-order valence-corrected chi connectivity index (χ3v) is 5.72. The van der Waals surface area contributed by atoms with Gasteiger partial charge in [-0.2, -0.15) is 44.6 Å². The molecule has 0 spiro atoms. The number of alkyl halides is 9. The van der Waals surface area contributed by atoms with Crippen LogP contribution in [0.1, 0.15) is 36.1 Å². The molecule has 3 heterocycles. The molecule has 2 aromatic rings. The summed E-state index contributed by atoms with van der Waals surface area (Å²) >= 11 is 0. The molecule has 0 saturated heterocycles. The predicted octanol–water partition coefficient (Wildman–Crippen LogP) is 3.68. The van der Waals surface area contributed by atoms with Gasteiger partial charge in [-0.05, 0) is 25.7 Å². The number of aliphatic carboxylic acids is 3. The SMILES string of the molecule is Cn1cc(CN2CCc3ncnc(NC4CCC4)c3CC2)cn1.O=C(O)C(F)(F)F.O=C(O)C(F)(F)F.O=C(O)C(F)(F)F. The Morgan fingerprint density at radius 2 is 1.34 bits per heavy atom. The van der Waals surface area contributed by atoms with Gasteiger partial charge in [0.05, 0.1) is 11.9 Å². The van der Waals surface area contributed by atoms with E-state index in [0.29, 0.717) is 6.04 Å². The molecular formula is C23H27F9N6O6. The van der Waals surface area contributed by atoms with Crippen LogP contribution in [0.5, 0.6) is 0 Å². The van der Waals surface area contributed by atoms with Crippen molar-refractivity contribution in [2.75, 3.05) is 18.4 Å². The molecule has 2 aromatic heterocycles. The zero-order valence-electron chi connectivity index (χ0n) is 22.7. The molecule has 248 valence electrons. The van der Waals surface area contributed by atoms with Crippen LogP contribution >= 0.6 is 0 Å². The minimum absolute atomic E-state index is 0.615. The van der Waals surface area contributed by atoms with Gasteiger partial charge < -0.3 is 20.6 Å². The number of carboxylic acid groups (broad SMARTS) is 3. The number of nitrogens with zero attached hydrogens (tertiary/aromatic N) is 5. The van der Waals surface area contributed by atoms with Crippen molar-refractivity contribution in [3.63, 3.8) is 0 Å². The summed E-state index contributed by atoms with van der Waals surface area (Å²) in [4.78, 5) is 38.2. The number of fused-ring (bicyclic) bond motifs is 1. The second-order valence-corrected chi connectivity index (χ2v) is 9.13. The average molecular weight is 654 g/mol. The van der Waals surface area contributed by atoms with Crippen LogP contribution in [0.2, 0.25) is 0 Å². The van der Waals surface area contributed by atoms with Gasteiger partial charge in [0.15, 0.2) is 0 Å². The Bertz CT molecular complexity index is 1190. The Labute approximate surface area is 242 Å². The third-order valence-electron chi connectivity index (χ3n) is 5.72. The number of hydrogen-bond donors (Lipinski definition) is 4. The molecule has 0 amide bonds. The molecule has 1 aliphatic heterocycles. The number of carboxylic acids is 3. The van der Waals surface area contributed by atoms with E-state index in [-0.39, 0.29) is 0 Å². The normalized spacial score (nSPS) is 15.3. The van der Waals surface area contributed by atoms with E-state index in [1.807, 2.05) is 17.9 Å². The molecule has 4 rings (SSSR count). The van der Waals surface area contributed by atoms with Gasteiger partial charge in [0.25, 0.3) is 0 Å². The van der Waals surface area contributed by atoms with Crippen molar-refractivity contribution < 1.29 is 69.2 Å². The number of hydrogen-bond acceptors (Lipinski definition) is 8. The van der Waals surface area contributed by atoms with Gasteiger partial charge >= 0.3 is 36.4 Å². The van der Waals surface area contributed by atoms with Gasteiger partial charge in [-0.3, -0.25) is 9.58 Å². The molecule has 12 nitrogen and oxygen atoms in total. The zero-order chi connectivity index (χ0) is 33.9. The molecule has 0 atom stereocenters. The molecule has 2 aliphatic rings. The van der Waals surface area contributed by atoms with Gasteiger partial charge in [-0.15, -0.1) is 0 Å². The highest BCUT2D eigenvalue weighted by atomic mass is 19.4. The van der Waals surface area contributed by atoms with Crippen molar-refractivity contribution in [1.82, 2.24) is 24.6 Å². The summed E-state index contributed by atoms with van der Waals surface area (Å²) in [6.07, 6.45) is -3.58. The Balaban J connectivity index is 0.000000379. The van der Waals surface area contributed by atoms with Crippen LogP contribution in [0, 0.1) is 0 Å². The van der Waals surface area contributed by atoms with Crippen LogP contribution in [-0.4, -0.2) is 95.5 Å². The molecule has 21 heteroatoms. The number of anilines is 1. The lowest BCUT2D eigenvalue weighted by Gasteiger charge is -2.28. The number of carbonyl (C=O) groups is 3. The summed E-state index contributed by atoms with van der Waals surface area (Å²) in [6, 6.07) is 0.615. The first kappa shape index (κ1) is 37.9. The first-order valence-corrected chi connectivity index (χ1v) is 12.3. The van der Waals surface area contributed by atoms with Gasteiger partial charge in [0.1, 0.15) is 12.1 Å². The lowest BCUT2D eigenvalue weighted by Crippen LogP contribution is -2.28. The number of nitrogens with one attached hydrogen (secondary N) is 1. The van der Waals surface area contributed by atoms with Crippen LogP contribution < -0.4 is 5.32 Å². The van der Waals surface area contributed by atoms with Crippen LogP contribution in [0.3, 0.4) is 0 Å². The van der Waals surface area contributed by atoms with E-state index in [2.05, 4.69) is 31.5 Å². The molecule has 0 unspecified atom stereocenters. The average Bonchev–Trinajstić information content (AvgIpc) is 3.15. The molecule has 44 heavy (non-hydrogen) atoms. The van der Waals surface area contributed by atoms with Crippen LogP contribution in [0.25, 0.3) is 0 Å². The van der Waals surface area contributed by atoms with Gasteiger partial charge in [-0.1, -0.05) is 0 Å². The Morgan fingerprint density at radius 3 is 1.73 bits per heavy atom. The Kier molecular flexibility index (Phi) is 13.8. The maximum atomic E-state index is 10.6. The second-order valence-electron chi connectivity index (χ2n) is 9.13. The molecule has 0 aromatic carbocycles. The number of rotatable bonds is 4. The van der Waals surface area contributed by atoms with Crippen LogP contribution in [0.4, 0.5) is 45.3 Å². The van der Waals surface area contributed by atoms with Gasteiger partial charge in [0.2, 0.25) is 0 Å². The molecule has 1 fully saturated rings. The maximum Gasteiger partial charge on any atom is 0.490 e. The smallest absolute Gasteiger partial charge is 0.475 e. The van der Waals surface area contributed by atoms with E-state index in [9.17, 15) is 39.5 Å². The summed E-state index contributed by atoms with van der Waals surface area (Å²) in [7, 11) is 1.97. The Morgan fingerprint density at radius 1 is 0.864 bits per heavy atom. The molecule has 0 bridgehead atoms. The highest BCUT2D eigenvalue weighted by molar-refractivity contribution is 5.73. The second kappa shape index (κ2) is 16.1.